The number of halogens is 3. The highest BCUT2D eigenvalue weighted by atomic mass is 32.1. The first kappa shape index (κ1) is 16.5. The van der Waals surface area contributed by atoms with E-state index in [1.54, 1.807) is 0 Å². The Bertz CT molecular complexity index is 798. The van der Waals surface area contributed by atoms with Crippen molar-refractivity contribution in [1.29, 1.82) is 0 Å². The molecular weight excluding hydrogens is 341 g/mol. The fourth-order valence-electron chi connectivity index (χ4n) is 2.51. The minimum Gasteiger partial charge on any atom is -0.342 e. The first-order valence-corrected chi connectivity index (χ1v) is 8.10. The van der Waals surface area contributed by atoms with Crippen molar-refractivity contribution in [2.45, 2.75) is 19.3 Å². The second-order valence-corrected chi connectivity index (χ2v) is 6.50. The summed E-state index contributed by atoms with van der Waals surface area (Å²) >= 11 is 1.40. The van der Waals surface area contributed by atoms with E-state index in [9.17, 15) is 22.8 Å². The Labute approximate surface area is 139 Å². The van der Waals surface area contributed by atoms with Gasteiger partial charge in [-0.05, 0) is 43.0 Å². The van der Waals surface area contributed by atoms with Crippen LogP contribution in [0.15, 0.2) is 18.2 Å². The van der Waals surface area contributed by atoms with Crippen LogP contribution in [-0.2, 0) is 17.6 Å². The normalized spacial score (nSPS) is 12.8. The number of rotatable bonds is 4. The monoisotopic (exact) mass is 354 g/mol. The molecule has 8 heteroatoms. The topological polar surface area (TPSA) is 58.2 Å². The van der Waals surface area contributed by atoms with Gasteiger partial charge in [0.2, 0.25) is 5.91 Å². The second-order valence-electron chi connectivity index (χ2n) is 5.37. The molecule has 0 spiro atoms. The number of anilines is 1. The van der Waals surface area contributed by atoms with Crippen molar-refractivity contribution in [1.82, 2.24) is 5.32 Å². The molecule has 2 aromatic rings. The van der Waals surface area contributed by atoms with Gasteiger partial charge in [0, 0.05) is 4.88 Å². The zero-order valence-electron chi connectivity index (χ0n) is 12.4. The number of hydrogen-bond donors (Lipinski definition) is 2. The predicted octanol–water partition coefficient (Wildman–Crippen LogP) is 3.02. The summed E-state index contributed by atoms with van der Waals surface area (Å²) in [5, 5.41) is 4.51. The van der Waals surface area contributed by atoms with Crippen LogP contribution in [0.3, 0.4) is 0 Å². The lowest BCUT2D eigenvalue weighted by Crippen LogP contribution is -2.32. The lowest BCUT2D eigenvalue weighted by atomic mass is 10.2. The molecule has 1 aromatic heterocycles. The van der Waals surface area contributed by atoms with Gasteiger partial charge < -0.3 is 10.6 Å². The summed E-state index contributed by atoms with van der Waals surface area (Å²) in [5.74, 6) is -5.62. The van der Waals surface area contributed by atoms with Crippen molar-refractivity contribution in [3.63, 3.8) is 0 Å². The zero-order valence-corrected chi connectivity index (χ0v) is 13.2. The van der Waals surface area contributed by atoms with Crippen LogP contribution >= 0.6 is 11.3 Å². The van der Waals surface area contributed by atoms with Crippen LogP contribution < -0.4 is 10.6 Å². The van der Waals surface area contributed by atoms with Gasteiger partial charge in [0.15, 0.2) is 17.5 Å². The average molecular weight is 354 g/mol. The highest BCUT2D eigenvalue weighted by Gasteiger charge is 2.19. The van der Waals surface area contributed by atoms with Gasteiger partial charge in [-0.2, -0.15) is 0 Å². The Morgan fingerprint density at radius 1 is 1.12 bits per heavy atom. The van der Waals surface area contributed by atoms with E-state index in [1.807, 2.05) is 6.07 Å². The van der Waals surface area contributed by atoms with Crippen molar-refractivity contribution >= 4 is 28.8 Å². The van der Waals surface area contributed by atoms with Crippen LogP contribution in [-0.4, -0.2) is 18.4 Å². The molecule has 2 N–H and O–H groups in total. The quantitative estimate of drug-likeness (QED) is 0.830. The highest BCUT2D eigenvalue weighted by molar-refractivity contribution is 7.14. The number of aryl methyl sites for hydroxylation is 2. The minimum atomic E-state index is -1.66. The maximum absolute atomic E-state index is 13.5. The third-order valence-electron chi connectivity index (χ3n) is 3.69. The largest absolute Gasteiger partial charge is 0.342 e. The van der Waals surface area contributed by atoms with Crippen molar-refractivity contribution in [2.24, 2.45) is 0 Å². The molecule has 1 heterocycles. The molecule has 0 unspecified atom stereocenters. The Morgan fingerprint density at radius 3 is 2.67 bits per heavy atom. The lowest BCUT2D eigenvalue weighted by Gasteiger charge is -2.08. The molecular formula is C16H13F3N2O2S. The van der Waals surface area contributed by atoms with Gasteiger partial charge in [-0.1, -0.05) is 0 Å². The molecule has 0 saturated heterocycles. The Morgan fingerprint density at radius 2 is 1.92 bits per heavy atom. The van der Waals surface area contributed by atoms with E-state index in [4.69, 9.17) is 0 Å². The van der Waals surface area contributed by atoms with Gasteiger partial charge >= 0.3 is 0 Å². The Kier molecular flexibility index (Phi) is 4.57. The van der Waals surface area contributed by atoms with Crippen LogP contribution in [0.2, 0.25) is 0 Å². The first-order valence-electron chi connectivity index (χ1n) is 7.29. The first-order chi connectivity index (χ1) is 11.5. The molecule has 1 aromatic carbocycles. The van der Waals surface area contributed by atoms with Gasteiger partial charge in [0.1, 0.15) is 0 Å². The van der Waals surface area contributed by atoms with Crippen molar-refractivity contribution < 1.29 is 22.8 Å². The number of nitrogens with one attached hydrogen (secondary N) is 2. The van der Waals surface area contributed by atoms with Crippen LogP contribution in [0.5, 0.6) is 0 Å². The van der Waals surface area contributed by atoms with Crippen molar-refractivity contribution in [3.05, 3.63) is 51.0 Å². The second kappa shape index (κ2) is 6.64. The summed E-state index contributed by atoms with van der Waals surface area (Å²) in [5.41, 5.74) is 0.682. The Hall–Kier alpha value is -2.35. The van der Waals surface area contributed by atoms with Crippen LogP contribution in [0.1, 0.15) is 26.5 Å². The third kappa shape index (κ3) is 3.28. The van der Waals surface area contributed by atoms with E-state index in [-0.39, 0.29) is 0 Å². The molecule has 0 bridgehead atoms. The van der Waals surface area contributed by atoms with E-state index in [1.165, 1.54) is 21.8 Å². The van der Waals surface area contributed by atoms with E-state index in [2.05, 4.69) is 10.6 Å². The predicted molar refractivity (Wildman–Crippen MR) is 83.6 cm³/mol. The van der Waals surface area contributed by atoms with E-state index >= 15 is 0 Å². The maximum atomic E-state index is 13.5. The average Bonchev–Trinajstić information content (AvgIpc) is 3.15. The van der Waals surface area contributed by atoms with Crippen LogP contribution in [0, 0.1) is 17.5 Å². The van der Waals surface area contributed by atoms with Gasteiger partial charge in [-0.3, -0.25) is 9.59 Å². The number of benzene rings is 1. The molecule has 0 aliphatic heterocycles. The third-order valence-corrected chi connectivity index (χ3v) is 4.93. The summed E-state index contributed by atoms with van der Waals surface area (Å²) in [6, 6.07) is 3.44. The number of thiophene rings is 1. The zero-order chi connectivity index (χ0) is 17.3. The van der Waals surface area contributed by atoms with Gasteiger partial charge in [-0.25, -0.2) is 13.2 Å². The number of amides is 2. The molecule has 0 saturated carbocycles. The SMILES string of the molecule is O=C(CNC(=O)c1cc2c(s1)CCC2)Nc1ccc(F)c(F)c1F. The molecule has 0 radical (unpaired) electrons. The van der Waals surface area contributed by atoms with Crippen molar-refractivity contribution in [2.75, 3.05) is 11.9 Å². The Balaban J connectivity index is 1.57. The molecule has 24 heavy (non-hydrogen) atoms. The van der Waals surface area contributed by atoms with E-state index in [0.717, 1.165) is 25.3 Å². The summed E-state index contributed by atoms with van der Waals surface area (Å²) in [6.45, 7) is -0.403. The highest BCUT2D eigenvalue weighted by Crippen LogP contribution is 2.30. The number of fused-ring (bicyclic) bond motifs is 1. The molecule has 1 aliphatic rings. The smallest absolute Gasteiger partial charge is 0.261 e. The fraction of sp³-hybridized carbons (Fsp3) is 0.250. The molecule has 4 nitrogen and oxygen atoms in total. The van der Waals surface area contributed by atoms with Crippen molar-refractivity contribution in [3.8, 4) is 0 Å². The molecule has 0 fully saturated rings. The standard InChI is InChI=1S/C16H13F3N2O2S/c17-9-4-5-10(15(19)14(9)18)21-13(22)7-20-16(23)12-6-8-2-1-3-11(8)24-12/h4-6H,1-3,7H2,(H,20,23)(H,21,22). The van der Waals surface area contributed by atoms with Gasteiger partial charge in [0.25, 0.3) is 5.91 Å². The fourth-order valence-corrected chi connectivity index (χ4v) is 3.68. The summed E-state index contributed by atoms with van der Waals surface area (Å²) in [4.78, 5) is 25.4. The minimum absolute atomic E-state index is 0.393. The lowest BCUT2D eigenvalue weighted by molar-refractivity contribution is -0.115. The molecule has 1 aliphatic carbocycles. The van der Waals surface area contributed by atoms with E-state index < -0.39 is 41.5 Å². The number of carbonyl (C=O) groups is 2. The summed E-state index contributed by atoms with van der Waals surface area (Å²) < 4.78 is 39.4. The molecule has 2 amide bonds. The summed E-state index contributed by atoms with van der Waals surface area (Å²) in [7, 11) is 0. The summed E-state index contributed by atoms with van der Waals surface area (Å²) in [6.07, 6.45) is 3.00. The van der Waals surface area contributed by atoms with E-state index in [0.29, 0.717) is 10.9 Å². The maximum Gasteiger partial charge on any atom is 0.261 e. The van der Waals surface area contributed by atoms with Gasteiger partial charge in [0.05, 0.1) is 17.1 Å². The van der Waals surface area contributed by atoms with Gasteiger partial charge in [-0.15, -0.1) is 11.3 Å². The molecule has 3 rings (SSSR count). The molecule has 126 valence electrons. The number of carbonyl (C=O) groups excluding carboxylic acids is 2. The van der Waals surface area contributed by atoms with Crippen LogP contribution in [0.25, 0.3) is 0 Å². The molecule has 0 atom stereocenters. The number of hydrogen-bond acceptors (Lipinski definition) is 3. The van der Waals surface area contributed by atoms with Crippen LogP contribution in [0.4, 0.5) is 18.9 Å².